The molecule has 1 N–H and O–H groups in total. The van der Waals surface area contributed by atoms with Gasteiger partial charge in [0.2, 0.25) is 0 Å². The molecule has 47 valence electrons. The highest BCUT2D eigenvalue weighted by atomic mass is 16.2. The molecule has 0 unspecified atom stereocenters. The Morgan fingerprint density at radius 2 is 2.00 bits per heavy atom. The van der Waals surface area contributed by atoms with Crippen LogP contribution in [0, 0.1) is 6.07 Å². The third kappa shape index (κ3) is 1.86. The van der Waals surface area contributed by atoms with Gasteiger partial charge >= 0.3 is 0 Å². The van der Waals surface area contributed by atoms with Crippen LogP contribution >= 0.6 is 0 Å². The first-order valence-corrected chi connectivity index (χ1v) is 2.99. The minimum Gasteiger partial charge on any atom is -0.396 e. The Hall–Kier alpha value is -0.820. The summed E-state index contributed by atoms with van der Waals surface area (Å²) >= 11 is 0. The van der Waals surface area contributed by atoms with Crippen LogP contribution in [0.4, 0.5) is 0 Å². The molecular formula is C8H9O. The van der Waals surface area contributed by atoms with E-state index < -0.39 is 0 Å². The van der Waals surface area contributed by atoms with E-state index in [1.165, 1.54) is 0 Å². The van der Waals surface area contributed by atoms with Gasteiger partial charge in [0.1, 0.15) is 0 Å². The molecule has 1 rings (SSSR count). The van der Waals surface area contributed by atoms with E-state index in [2.05, 4.69) is 6.07 Å². The summed E-state index contributed by atoms with van der Waals surface area (Å²) in [6.07, 6.45) is 0.745. The van der Waals surface area contributed by atoms with Gasteiger partial charge in [-0.05, 0) is 18.1 Å². The van der Waals surface area contributed by atoms with Crippen LogP contribution < -0.4 is 0 Å². The molecule has 0 atom stereocenters. The van der Waals surface area contributed by atoms with Gasteiger partial charge in [0, 0.05) is 6.61 Å². The molecule has 0 aliphatic rings. The number of benzene rings is 1. The van der Waals surface area contributed by atoms with Crippen molar-refractivity contribution in [3.05, 3.63) is 35.9 Å². The number of aliphatic hydroxyl groups excluding tert-OH is 1. The maximum Gasteiger partial charge on any atom is 0.0471 e. The van der Waals surface area contributed by atoms with Crippen LogP contribution in [-0.4, -0.2) is 11.7 Å². The van der Waals surface area contributed by atoms with Gasteiger partial charge in [-0.3, -0.25) is 0 Å². The molecule has 1 heteroatoms. The predicted molar refractivity (Wildman–Crippen MR) is 36.1 cm³/mol. The average molecular weight is 121 g/mol. The highest BCUT2D eigenvalue weighted by Crippen LogP contribution is 1.96. The molecule has 0 fully saturated rings. The molecule has 1 aromatic rings. The summed E-state index contributed by atoms with van der Waals surface area (Å²) in [5.74, 6) is 0. The van der Waals surface area contributed by atoms with Crippen molar-refractivity contribution in [3.8, 4) is 0 Å². The number of hydrogen-bond acceptors (Lipinski definition) is 1. The van der Waals surface area contributed by atoms with Crippen molar-refractivity contribution in [2.24, 2.45) is 0 Å². The van der Waals surface area contributed by atoms with E-state index in [-0.39, 0.29) is 6.61 Å². The van der Waals surface area contributed by atoms with E-state index >= 15 is 0 Å². The topological polar surface area (TPSA) is 20.2 Å². The summed E-state index contributed by atoms with van der Waals surface area (Å²) in [7, 11) is 0. The Bertz CT molecular complexity index is 157. The van der Waals surface area contributed by atoms with E-state index in [9.17, 15) is 0 Å². The second-order valence-corrected chi connectivity index (χ2v) is 1.88. The van der Waals surface area contributed by atoms with E-state index in [0.717, 1.165) is 12.0 Å². The van der Waals surface area contributed by atoms with Gasteiger partial charge in [-0.2, -0.15) is 0 Å². The lowest BCUT2D eigenvalue weighted by molar-refractivity contribution is 0.299. The van der Waals surface area contributed by atoms with Gasteiger partial charge in [0.25, 0.3) is 0 Å². The van der Waals surface area contributed by atoms with E-state index in [4.69, 9.17) is 5.11 Å². The summed E-state index contributed by atoms with van der Waals surface area (Å²) in [5, 5.41) is 8.51. The third-order valence-corrected chi connectivity index (χ3v) is 1.19. The third-order valence-electron chi connectivity index (χ3n) is 1.19. The Morgan fingerprint density at radius 3 is 2.56 bits per heavy atom. The zero-order chi connectivity index (χ0) is 6.53. The molecule has 1 nitrogen and oxygen atoms in total. The largest absolute Gasteiger partial charge is 0.396 e. The molecule has 9 heavy (non-hydrogen) atoms. The predicted octanol–water partition coefficient (Wildman–Crippen LogP) is 1.02. The van der Waals surface area contributed by atoms with Gasteiger partial charge < -0.3 is 5.11 Å². The first kappa shape index (κ1) is 6.30. The van der Waals surface area contributed by atoms with Crippen molar-refractivity contribution in [2.75, 3.05) is 6.61 Å². The highest BCUT2D eigenvalue weighted by molar-refractivity contribution is 5.13. The number of aliphatic hydroxyl groups is 1. The van der Waals surface area contributed by atoms with E-state index in [1.807, 2.05) is 24.3 Å². The Labute approximate surface area is 55.0 Å². The summed E-state index contributed by atoms with van der Waals surface area (Å²) in [5.41, 5.74) is 1.16. The standard InChI is InChI=1S/C8H9O/c9-7-6-8-4-2-1-3-5-8/h2-5,9H,6-7H2. The van der Waals surface area contributed by atoms with Gasteiger partial charge in [-0.25, -0.2) is 0 Å². The molecule has 0 bridgehead atoms. The lowest BCUT2D eigenvalue weighted by Crippen LogP contribution is -1.88. The number of hydrogen-bond donors (Lipinski definition) is 1. The van der Waals surface area contributed by atoms with Crippen molar-refractivity contribution in [1.82, 2.24) is 0 Å². The molecular weight excluding hydrogens is 112 g/mol. The van der Waals surface area contributed by atoms with Crippen LogP contribution in [0.3, 0.4) is 0 Å². The molecule has 1 radical (unpaired) electrons. The van der Waals surface area contributed by atoms with Gasteiger partial charge in [-0.15, -0.1) is 0 Å². The number of rotatable bonds is 2. The smallest absolute Gasteiger partial charge is 0.0471 e. The lowest BCUT2D eigenvalue weighted by Gasteiger charge is -1.93. The molecule has 1 aromatic carbocycles. The molecule has 0 heterocycles. The van der Waals surface area contributed by atoms with Crippen LogP contribution in [0.25, 0.3) is 0 Å². The first-order valence-electron chi connectivity index (χ1n) is 2.99. The SMILES string of the molecule is OCCc1cc[c]cc1. The fraction of sp³-hybridized carbons (Fsp3) is 0.250. The summed E-state index contributed by atoms with van der Waals surface area (Å²) in [4.78, 5) is 0. The van der Waals surface area contributed by atoms with Gasteiger partial charge in [-0.1, -0.05) is 24.3 Å². The van der Waals surface area contributed by atoms with Crippen LogP contribution in [0.15, 0.2) is 24.3 Å². The zero-order valence-corrected chi connectivity index (χ0v) is 5.17. The van der Waals surface area contributed by atoms with Crippen molar-refractivity contribution < 1.29 is 5.11 Å². The minimum absolute atomic E-state index is 0.226. The molecule has 0 saturated carbocycles. The Balaban J connectivity index is 2.61. The molecule has 0 saturated heterocycles. The van der Waals surface area contributed by atoms with E-state index in [1.54, 1.807) is 0 Å². The second-order valence-electron chi connectivity index (χ2n) is 1.88. The lowest BCUT2D eigenvalue weighted by atomic mass is 10.2. The highest BCUT2D eigenvalue weighted by Gasteiger charge is 1.85. The average Bonchev–Trinajstić information content (AvgIpc) is 1.91. The van der Waals surface area contributed by atoms with Crippen molar-refractivity contribution >= 4 is 0 Å². The zero-order valence-electron chi connectivity index (χ0n) is 5.17. The van der Waals surface area contributed by atoms with Crippen molar-refractivity contribution in [2.45, 2.75) is 6.42 Å². The molecule has 0 aliphatic heterocycles. The van der Waals surface area contributed by atoms with Gasteiger partial charge in [0.05, 0.1) is 0 Å². The van der Waals surface area contributed by atoms with Crippen molar-refractivity contribution in [3.63, 3.8) is 0 Å². The van der Waals surface area contributed by atoms with E-state index in [0.29, 0.717) is 0 Å². The summed E-state index contributed by atoms with van der Waals surface area (Å²) < 4.78 is 0. The maximum absolute atomic E-state index is 8.51. The van der Waals surface area contributed by atoms with Crippen LogP contribution in [0.1, 0.15) is 5.56 Å². The van der Waals surface area contributed by atoms with Crippen LogP contribution in [0.5, 0.6) is 0 Å². The Morgan fingerprint density at radius 1 is 1.33 bits per heavy atom. The minimum atomic E-state index is 0.226. The van der Waals surface area contributed by atoms with Crippen LogP contribution in [0.2, 0.25) is 0 Å². The monoisotopic (exact) mass is 121 g/mol. The fourth-order valence-corrected chi connectivity index (χ4v) is 0.717. The second kappa shape index (κ2) is 3.25. The van der Waals surface area contributed by atoms with Gasteiger partial charge in [0.15, 0.2) is 0 Å². The normalized spacial score (nSPS) is 9.44. The summed E-state index contributed by atoms with van der Waals surface area (Å²) in [6, 6.07) is 10.5. The molecule has 0 aromatic heterocycles. The molecule has 0 spiro atoms. The Kier molecular flexibility index (Phi) is 2.28. The fourth-order valence-electron chi connectivity index (χ4n) is 0.717. The van der Waals surface area contributed by atoms with Crippen LogP contribution in [-0.2, 0) is 6.42 Å². The summed E-state index contributed by atoms with van der Waals surface area (Å²) in [6.45, 7) is 0.226. The first-order chi connectivity index (χ1) is 4.43. The molecule has 0 amide bonds. The quantitative estimate of drug-likeness (QED) is 0.619. The van der Waals surface area contributed by atoms with Crippen molar-refractivity contribution in [1.29, 1.82) is 0 Å². The maximum atomic E-state index is 8.51. The molecule has 0 aliphatic carbocycles.